The van der Waals surface area contributed by atoms with Gasteiger partial charge < -0.3 is 14.9 Å². The van der Waals surface area contributed by atoms with Gasteiger partial charge in [-0.3, -0.25) is 4.79 Å². The monoisotopic (exact) mass is 446 g/mol. The summed E-state index contributed by atoms with van der Waals surface area (Å²) in [4.78, 5) is 17.3. The topological polar surface area (TPSA) is 43.8 Å². The van der Waals surface area contributed by atoms with Gasteiger partial charge >= 0.3 is 0 Å². The highest BCUT2D eigenvalue weighted by Crippen LogP contribution is 2.43. The third-order valence-electron chi connectivity index (χ3n) is 7.29. The third-order valence-corrected chi connectivity index (χ3v) is 7.29. The molecule has 2 aromatic carbocycles. The van der Waals surface area contributed by atoms with Gasteiger partial charge in [0, 0.05) is 50.0 Å². The number of rotatable bonds is 3. The van der Waals surface area contributed by atoms with Crippen molar-refractivity contribution in [2.75, 3.05) is 33.2 Å². The van der Waals surface area contributed by atoms with Gasteiger partial charge in [-0.25, -0.2) is 13.2 Å². The second kappa shape index (κ2) is 8.52. The fraction of sp³-hybridized carbons (Fsp3) is 0.480. The highest BCUT2D eigenvalue weighted by Gasteiger charge is 2.49. The van der Waals surface area contributed by atoms with Crippen LogP contribution in [0, 0.1) is 35.2 Å². The normalized spacial score (nSPS) is 31.2. The summed E-state index contributed by atoms with van der Waals surface area (Å²) >= 11 is 0. The lowest BCUT2D eigenvalue weighted by atomic mass is 9.70. The molecule has 172 valence electrons. The molecule has 0 radical (unpaired) electrons. The van der Waals surface area contributed by atoms with Gasteiger partial charge in [0.25, 0.3) is 0 Å². The number of nitrogens with zero attached hydrogens (tertiary/aromatic N) is 2. The van der Waals surface area contributed by atoms with E-state index < -0.39 is 23.2 Å². The van der Waals surface area contributed by atoms with Crippen LogP contribution < -0.4 is 0 Å². The fourth-order valence-electron chi connectivity index (χ4n) is 5.57. The van der Waals surface area contributed by atoms with E-state index in [4.69, 9.17) is 0 Å². The van der Waals surface area contributed by atoms with Gasteiger partial charge in [0.2, 0.25) is 5.91 Å². The standard InChI is InChI=1S/C25H29F3N2O2/c1-15-11-30(12-16(2)25(15,32)17-4-6-18(26)7-5-17)24(31)22-14-29(3)13-21(22)20-9-8-19(27)10-23(20)28/h4-10,15-16,21-22,32H,11-14H2,1-3H3/t15-,16+,21-,22+,25-/m0/s1. The molecular weight excluding hydrogens is 417 g/mol. The number of aliphatic hydroxyl groups is 1. The lowest BCUT2D eigenvalue weighted by Crippen LogP contribution is -2.57. The Balaban J connectivity index is 1.56. The van der Waals surface area contributed by atoms with Crippen LogP contribution in [0.1, 0.15) is 30.9 Å². The third kappa shape index (κ3) is 3.92. The minimum atomic E-state index is -1.18. The molecule has 32 heavy (non-hydrogen) atoms. The minimum Gasteiger partial charge on any atom is -0.384 e. The molecule has 2 heterocycles. The number of halogens is 3. The maximum atomic E-state index is 14.5. The Morgan fingerprint density at radius 3 is 2.12 bits per heavy atom. The molecule has 2 fully saturated rings. The maximum absolute atomic E-state index is 14.5. The molecular formula is C25H29F3N2O2. The minimum absolute atomic E-state index is 0.0806. The van der Waals surface area contributed by atoms with Crippen molar-refractivity contribution in [1.29, 1.82) is 0 Å². The first-order valence-electron chi connectivity index (χ1n) is 11.0. The average molecular weight is 447 g/mol. The number of carbonyl (C=O) groups excluding carboxylic acids is 1. The van der Waals surface area contributed by atoms with E-state index in [-0.39, 0.29) is 29.5 Å². The Kier molecular flexibility index (Phi) is 6.07. The molecule has 4 nitrogen and oxygen atoms in total. The number of hydrogen-bond donors (Lipinski definition) is 1. The lowest BCUT2D eigenvalue weighted by Gasteiger charge is -2.48. The van der Waals surface area contributed by atoms with E-state index in [2.05, 4.69) is 0 Å². The van der Waals surface area contributed by atoms with Crippen molar-refractivity contribution in [2.24, 2.45) is 17.8 Å². The van der Waals surface area contributed by atoms with Crippen LogP contribution in [0.15, 0.2) is 42.5 Å². The van der Waals surface area contributed by atoms with Crippen molar-refractivity contribution in [3.63, 3.8) is 0 Å². The SMILES string of the molecule is C[C@@H]1CN(C(=O)[C@@H]2CN(C)C[C@H]2c2ccc(F)cc2F)C[C@H](C)[C@@]1(O)c1ccc(F)cc1. The van der Waals surface area contributed by atoms with Gasteiger partial charge in [0.15, 0.2) is 0 Å². The van der Waals surface area contributed by atoms with Crippen LogP contribution in [0.25, 0.3) is 0 Å². The van der Waals surface area contributed by atoms with E-state index in [1.165, 1.54) is 24.3 Å². The van der Waals surface area contributed by atoms with Crippen molar-refractivity contribution in [3.05, 3.63) is 71.0 Å². The second-order valence-electron chi connectivity index (χ2n) is 9.48. The summed E-state index contributed by atoms with van der Waals surface area (Å²) < 4.78 is 41.3. The van der Waals surface area contributed by atoms with Crippen LogP contribution in [0.4, 0.5) is 13.2 Å². The predicted molar refractivity (Wildman–Crippen MR) is 115 cm³/mol. The van der Waals surface area contributed by atoms with Crippen LogP contribution in [0.5, 0.6) is 0 Å². The molecule has 0 spiro atoms. The maximum Gasteiger partial charge on any atom is 0.227 e. The van der Waals surface area contributed by atoms with Gasteiger partial charge in [-0.1, -0.05) is 32.0 Å². The van der Waals surface area contributed by atoms with Crippen LogP contribution >= 0.6 is 0 Å². The molecule has 7 heteroatoms. The Morgan fingerprint density at radius 1 is 0.938 bits per heavy atom. The number of carbonyl (C=O) groups is 1. The van der Waals surface area contributed by atoms with E-state index in [0.717, 1.165) is 6.07 Å². The molecule has 2 aliphatic heterocycles. The largest absolute Gasteiger partial charge is 0.384 e. The van der Waals surface area contributed by atoms with Crippen molar-refractivity contribution in [3.8, 4) is 0 Å². The lowest BCUT2D eigenvalue weighted by molar-refractivity contribution is -0.152. The van der Waals surface area contributed by atoms with Crippen molar-refractivity contribution in [1.82, 2.24) is 9.80 Å². The number of likely N-dealkylation sites (tertiary alicyclic amines) is 2. The van der Waals surface area contributed by atoms with E-state index in [0.29, 0.717) is 37.3 Å². The molecule has 4 rings (SSSR count). The smallest absolute Gasteiger partial charge is 0.227 e. The van der Waals surface area contributed by atoms with E-state index in [1.54, 1.807) is 17.0 Å². The first kappa shape index (κ1) is 22.8. The van der Waals surface area contributed by atoms with Gasteiger partial charge in [-0.2, -0.15) is 0 Å². The predicted octanol–water partition coefficient (Wildman–Crippen LogP) is 3.75. The summed E-state index contributed by atoms with van der Waals surface area (Å²) in [6.07, 6.45) is 0. The summed E-state index contributed by atoms with van der Waals surface area (Å²) in [7, 11) is 1.89. The summed E-state index contributed by atoms with van der Waals surface area (Å²) in [5.74, 6) is -3.08. The van der Waals surface area contributed by atoms with Crippen LogP contribution in [0.2, 0.25) is 0 Å². The molecule has 0 bridgehead atoms. The van der Waals surface area contributed by atoms with Crippen LogP contribution in [-0.4, -0.2) is 54.0 Å². The first-order valence-corrected chi connectivity index (χ1v) is 11.0. The summed E-state index contributed by atoms with van der Waals surface area (Å²) in [5.41, 5.74) is -0.188. The molecule has 2 saturated heterocycles. The van der Waals surface area contributed by atoms with Crippen LogP contribution in [-0.2, 0) is 10.4 Å². The van der Waals surface area contributed by atoms with Crippen molar-refractivity contribution < 1.29 is 23.1 Å². The number of piperidine rings is 1. The Labute approximate surface area is 186 Å². The zero-order chi connectivity index (χ0) is 23.2. The van der Waals surface area contributed by atoms with E-state index in [1.807, 2.05) is 25.8 Å². The summed E-state index contributed by atoms with van der Waals surface area (Å²) in [6, 6.07) is 9.39. The molecule has 2 aliphatic rings. The quantitative estimate of drug-likeness (QED) is 0.781. The van der Waals surface area contributed by atoms with Gasteiger partial charge in [0.1, 0.15) is 17.5 Å². The summed E-state index contributed by atoms with van der Waals surface area (Å²) in [5, 5.41) is 11.5. The fourth-order valence-corrected chi connectivity index (χ4v) is 5.57. The Morgan fingerprint density at radius 2 is 1.53 bits per heavy atom. The molecule has 1 N–H and O–H groups in total. The number of likely N-dealkylation sites (N-methyl/N-ethyl adjacent to an activating group) is 1. The molecule has 0 saturated carbocycles. The molecule has 0 aromatic heterocycles. The number of hydrogen-bond acceptors (Lipinski definition) is 3. The molecule has 2 aromatic rings. The van der Waals surface area contributed by atoms with Gasteiger partial charge in [0.05, 0.1) is 11.5 Å². The van der Waals surface area contributed by atoms with E-state index in [9.17, 15) is 23.1 Å². The van der Waals surface area contributed by atoms with Crippen LogP contribution in [0.3, 0.4) is 0 Å². The highest BCUT2D eigenvalue weighted by molar-refractivity contribution is 5.81. The Hall–Kier alpha value is -2.38. The summed E-state index contributed by atoms with van der Waals surface area (Å²) in [6.45, 7) is 5.46. The average Bonchev–Trinajstić information content (AvgIpc) is 3.12. The van der Waals surface area contributed by atoms with E-state index >= 15 is 0 Å². The Bertz CT molecular complexity index is 985. The molecule has 1 amide bonds. The molecule has 0 unspecified atom stereocenters. The van der Waals surface area contributed by atoms with Gasteiger partial charge in [-0.05, 0) is 36.4 Å². The molecule has 0 aliphatic carbocycles. The first-order chi connectivity index (χ1) is 15.1. The second-order valence-corrected chi connectivity index (χ2v) is 9.48. The number of amides is 1. The van der Waals surface area contributed by atoms with Crippen molar-refractivity contribution in [2.45, 2.75) is 25.4 Å². The zero-order valence-electron chi connectivity index (χ0n) is 18.6. The van der Waals surface area contributed by atoms with Gasteiger partial charge in [-0.15, -0.1) is 0 Å². The zero-order valence-corrected chi connectivity index (χ0v) is 18.6. The van der Waals surface area contributed by atoms with Crippen molar-refractivity contribution >= 4 is 5.91 Å². The highest BCUT2D eigenvalue weighted by atomic mass is 19.1. The molecule has 5 atom stereocenters. The number of benzene rings is 2.